The van der Waals surface area contributed by atoms with Crippen LogP contribution < -0.4 is 0 Å². The van der Waals surface area contributed by atoms with Gasteiger partial charge in [-0.05, 0) is 48.9 Å². The Morgan fingerprint density at radius 3 is 1.22 bits per heavy atom. The third kappa shape index (κ3) is 5.02. The second-order valence-corrected chi connectivity index (χ2v) is 14.3. The summed E-state index contributed by atoms with van der Waals surface area (Å²) in [6.45, 7) is 10.3. The summed E-state index contributed by atoms with van der Waals surface area (Å²) in [5.41, 5.74) is 0.446. The number of hydrogen-bond acceptors (Lipinski definition) is 8. The minimum atomic E-state index is -0.604. The lowest BCUT2D eigenvalue weighted by Crippen LogP contribution is -2.43. The first-order valence-corrected chi connectivity index (χ1v) is 18.5. The fraction of sp³-hybridized carbons (Fsp3) is 0.318. The summed E-state index contributed by atoms with van der Waals surface area (Å²) < 4.78 is 0. The van der Waals surface area contributed by atoms with Crippen LogP contribution in [0, 0.1) is 57.2 Å². The van der Waals surface area contributed by atoms with Crippen molar-refractivity contribution >= 4 is 66.7 Å². The molecule has 2 heterocycles. The predicted molar refractivity (Wildman–Crippen MR) is 204 cm³/mol. The summed E-state index contributed by atoms with van der Waals surface area (Å²) in [5.74, 6) is -2.45. The average Bonchev–Trinajstić information content (AvgIpc) is 3.19. The molecule has 0 saturated carbocycles. The number of nitriles is 4. The largest absolute Gasteiger partial charge is 0.274 e. The first-order chi connectivity index (χ1) is 26.1. The van der Waals surface area contributed by atoms with Gasteiger partial charge in [-0.1, -0.05) is 59.0 Å². The minimum absolute atomic E-state index is 0.00635. The quantitative estimate of drug-likeness (QED) is 0.0536. The molecule has 5 aromatic carbocycles. The van der Waals surface area contributed by atoms with Crippen molar-refractivity contribution in [2.45, 2.75) is 65.7 Å². The highest BCUT2D eigenvalue weighted by atomic mass is 16.2. The van der Waals surface area contributed by atoms with E-state index in [4.69, 9.17) is 0 Å². The van der Waals surface area contributed by atoms with Crippen molar-refractivity contribution in [3.63, 3.8) is 0 Å². The van der Waals surface area contributed by atoms with E-state index < -0.39 is 23.6 Å². The van der Waals surface area contributed by atoms with Crippen LogP contribution in [0.5, 0.6) is 0 Å². The molecule has 7 rings (SSSR count). The Hall–Kier alpha value is -6.62. The molecule has 2 aliphatic heterocycles. The molecule has 5 aromatic rings. The second kappa shape index (κ2) is 13.7. The van der Waals surface area contributed by atoms with Gasteiger partial charge in [0.2, 0.25) is 0 Å². The monoisotopic (exact) mass is 712 g/mol. The minimum Gasteiger partial charge on any atom is -0.274 e. The molecule has 0 radical (unpaired) electrons. The van der Waals surface area contributed by atoms with Crippen LogP contribution >= 0.6 is 0 Å². The molecule has 0 aliphatic carbocycles. The molecule has 0 aromatic heterocycles. The normalized spacial score (nSPS) is 14.8. The van der Waals surface area contributed by atoms with E-state index in [0.29, 0.717) is 6.42 Å². The molecule has 2 atom stereocenters. The fourth-order valence-electron chi connectivity index (χ4n) is 8.60. The van der Waals surface area contributed by atoms with Gasteiger partial charge < -0.3 is 0 Å². The van der Waals surface area contributed by atoms with Gasteiger partial charge in [0.1, 0.15) is 0 Å². The van der Waals surface area contributed by atoms with Crippen molar-refractivity contribution in [1.29, 1.82) is 21.0 Å². The number of carbonyl (C=O) groups excluding carboxylic acids is 4. The topological polar surface area (TPSA) is 170 Å². The molecule has 0 spiro atoms. The van der Waals surface area contributed by atoms with E-state index in [1.807, 2.05) is 13.8 Å². The van der Waals surface area contributed by atoms with Gasteiger partial charge in [-0.25, -0.2) is 0 Å². The molecule has 10 heteroatoms. The summed E-state index contributed by atoms with van der Waals surface area (Å²) in [4.78, 5) is 59.5. The number of benzene rings is 5. The molecule has 2 aliphatic rings. The van der Waals surface area contributed by atoms with Crippen LogP contribution in [0.3, 0.4) is 0 Å². The van der Waals surface area contributed by atoms with E-state index >= 15 is 0 Å². The number of amides is 4. The molecule has 54 heavy (non-hydrogen) atoms. The van der Waals surface area contributed by atoms with Crippen LogP contribution in [-0.4, -0.2) is 46.5 Å². The lowest BCUT2D eigenvalue weighted by molar-refractivity contribution is 0.0570. The van der Waals surface area contributed by atoms with Crippen LogP contribution in [0.4, 0.5) is 0 Å². The van der Waals surface area contributed by atoms with Gasteiger partial charge in [0.25, 0.3) is 23.6 Å². The lowest BCUT2D eigenvalue weighted by Gasteiger charge is -2.33. The van der Waals surface area contributed by atoms with Crippen LogP contribution in [-0.2, 0) is 0 Å². The molecule has 0 bridgehead atoms. The van der Waals surface area contributed by atoms with E-state index in [9.17, 15) is 40.2 Å². The first kappa shape index (κ1) is 35.8. The van der Waals surface area contributed by atoms with Crippen molar-refractivity contribution in [2.24, 2.45) is 11.8 Å². The Balaban J connectivity index is 1.61. The van der Waals surface area contributed by atoms with E-state index in [0.717, 1.165) is 43.4 Å². The van der Waals surface area contributed by atoms with Crippen molar-refractivity contribution < 1.29 is 19.2 Å². The number of fused-ring (bicyclic) bond motifs is 2. The zero-order valence-electron chi connectivity index (χ0n) is 30.4. The van der Waals surface area contributed by atoms with Crippen molar-refractivity contribution in [3.05, 3.63) is 81.4 Å². The number of imide groups is 2. The van der Waals surface area contributed by atoms with Crippen LogP contribution in [0.25, 0.3) is 43.1 Å². The highest BCUT2D eigenvalue weighted by Gasteiger charge is 2.40. The summed E-state index contributed by atoms with van der Waals surface area (Å²) in [6, 6.07) is 14.5. The summed E-state index contributed by atoms with van der Waals surface area (Å²) in [5, 5.41) is 44.5. The van der Waals surface area contributed by atoms with Crippen molar-refractivity contribution in [2.75, 3.05) is 13.1 Å². The van der Waals surface area contributed by atoms with Crippen LogP contribution in [0.1, 0.15) is 129 Å². The molecule has 0 N–H and O–H groups in total. The molecule has 2 unspecified atom stereocenters. The number of carbonyl (C=O) groups is 4. The number of unbranched alkanes of at least 4 members (excludes halogenated alkanes) is 2. The van der Waals surface area contributed by atoms with Gasteiger partial charge in [0.15, 0.2) is 0 Å². The maximum Gasteiger partial charge on any atom is 0.261 e. The van der Waals surface area contributed by atoms with Gasteiger partial charge in [0, 0.05) is 56.2 Å². The number of nitrogens with zero attached hydrogens (tertiary/aromatic N) is 6. The van der Waals surface area contributed by atoms with E-state index in [1.54, 1.807) is 6.08 Å². The number of rotatable bonds is 12. The Morgan fingerprint density at radius 2 is 0.907 bits per heavy atom. The molecule has 266 valence electrons. The third-order valence-corrected chi connectivity index (χ3v) is 11.4. The van der Waals surface area contributed by atoms with Gasteiger partial charge in [0.05, 0.1) is 68.8 Å². The summed E-state index contributed by atoms with van der Waals surface area (Å²) in [7, 11) is 0. The Kier molecular flexibility index (Phi) is 9.10. The maximum absolute atomic E-state index is 14.3. The van der Waals surface area contributed by atoms with Gasteiger partial charge in [-0.2, -0.15) is 21.0 Å². The Labute approximate surface area is 312 Å². The zero-order valence-corrected chi connectivity index (χ0v) is 30.4. The van der Waals surface area contributed by atoms with Crippen molar-refractivity contribution in [3.8, 4) is 24.3 Å². The first-order valence-electron chi connectivity index (χ1n) is 18.5. The standard InChI is InChI=1S/C44H36N6O4/c1-5-9-11-23(7-3)21-49-41(51)29-13-25(17-45)33-35-27(19-47)15-31-38-32(44(54)50(43(31)53)22-24(8-4)12-10-6-2)16-28(20-48)36(40(35)38)34-26(18-46)14-30(42(49)52)37(29)39(33)34/h7,13-16,23-24H,3,5-6,8-12,21-22H2,1-2,4H3. The molecule has 10 nitrogen and oxygen atoms in total. The van der Waals surface area contributed by atoms with E-state index in [-0.39, 0.29) is 113 Å². The Morgan fingerprint density at radius 1 is 0.556 bits per heavy atom. The molecule has 0 saturated heterocycles. The second-order valence-electron chi connectivity index (χ2n) is 14.3. The Bertz CT molecular complexity index is 2540. The molecule has 0 fully saturated rings. The van der Waals surface area contributed by atoms with Crippen LogP contribution in [0.2, 0.25) is 0 Å². The average molecular weight is 713 g/mol. The van der Waals surface area contributed by atoms with Gasteiger partial charge in [-0.3, -0.25) is 29.0 Å². The molecule has 4 amide bonds. The molecular formula is C44H36N6O4. The SMILES string of the molecule is C=CC(CCCC)CN1C(=O)c2cc(C#N)c3c4c(C#N)cc5c6c(cc(C#N)c(c7c(C#N)cc(c2c37)C1=O)c64)C(=O)N(CC(CC)CCCC)C5=O. The zero-order chi connectivity index (χ0) is 38.6. The lowest BCUT2D eigenvalue weighted by atomic mass is 9.77. The van der Waals surface area contributed by atoms with Crippen LogP contribution in [0.15, 0.2) is 36.9 Å². The number of hydrogen-bond donors (Lipinski definition) is 0. The van der Waals surface area contributed by atoms with Gasteiger partial charge >= 0.3 is 0 Å². The third-order valence-electron chi connectivity index (χ3n) is 11.4. The van der Waals surface area contributed by atoms with E-state index in [1.165, 1.54) is 29.2 Å². The maximum atomic E-state index is 14.3. The highest BCUT2D eigenvalue weighted by Crippen LogP contribution is 2.50. The molecular weight excluding hydrogens is 677 g/mol. The fourth-order valence-corrected chi connectivity index (χ4v) is 8.60. The smallest absolute Gasteiger partial charge is 0.261 e. The van der Waals surface area contributed by atoms with Gasteiger partial charge in [-0.15, -0.1) is 6.58 Å². The summed E-state index contributed by atoms with van der Waals surface area (Å²) >= 11 is 0. The predicted octanol–water partition coefficient (Wildman–Crippen LogP) is 8.62. The van der Waals surface area contributed by atoms with E-state index in [2.05, 4.69) is 37.8 Å². The highest BCUT2D eigenvalue weighted by molar-refractivity contribution is 6.44. The van der Waals surface area contributed by atoms with Crippen molar-refractivity contribution in [1.82, 2.24) is 9.80 Å². The summed E-state index contributed by atoms with van der Waals surface area (Å²) in [6.07, 6.45) is 7.69.